The summed E-state index contributed by atoms with van der Waals surface area (Å²) in [5.41, 5.74) is 9.18. The second-order valence-electron chi connectivity index (χ2n) is 4.68. The minimum Gasteiger partial charge on any atom is -0.396 e. The van der Waals surface area contributed by atoms with Gasteiger partial charge in [0.2, 0.25) is 0 Å². The standard InChI is InChI=1S/C13H23N3O/c1-3-11-13(14)12(4-2)16(15-11)9-10-7-5-6-8-17-10/h10H,3-9,14H2,1-2H3. The maximum Gasteiger partial charge on any atom is 0.0854 e. The van der Waals surface area contributed by atoms with Crippen molar-refractivity contribution in [2.75, 3.05) is 12.3 Å². The summed E-state index contributed by atoms with van der Waals surface area (Å²) in [7, 11) is 0. The zero-order valence-corrected chi connectivity index (χ0v) is 10.9. The molecule has 2 N–H and O–H groups in total. The second-order valence-corrected chi connectivity index (χ2v) is 4.68. The molecule has 17 heavy (non-hydrogen) atoms. The lowest BCUT2D eigenvalue weighted by Gasteiger charge is -2.23. The molecular weight excluding hydrogens is 214 g/mol. The number of rotatable bonds is 4. The van der Waals surface area contributed by atoms with Crippen LogP contribution < -0.4 is 5.73 Å². The molecule has 0 bridgehead atoms. The molecule has 0 spiro atoms. The van der Waals surface area contributed by atoms with Gasteiger partial charge in [0.15, 0.2) is 0 Å². The first-order valence-corrected chi connectivity index (χ1v) is 6.71. The highest BCUT2D eigenvalue weighted by molar-refractivity contribution is 5.48. The average Bonchev–Trinajstić information content (AvgIpc) is 2.66. The lowest BCUT2D eigenvalue weighted by atomic mass is 10.1. The summed E-state index contributed by atoms with van der Waals surface area (Å²) in [6.07, 6.45) is 5.76. The summed E-state index contributed by atoms with van der Waals surface area (Å²) in [5, 5.41) is 4.60. The fourth-order valence-electron chi connectivity index (χ4n) is 2.49. The summed E-state index contributed by atoms with van der Waals surface area (Å²) in [6.45, 7) is 5.97. The lowest BCUT2D eigenvalue weighted by Crippen LogP contribution is -2.25. The minimum absolute atomic E-state index is 0.318. The van der Waals surface area contributed by atoms with Gasteiger partial charge in [0.05, 0.1) is 29.7 Å². The Kier molecular flexibility index (Phi) is 4.05. The van der Waals surface area contributed by atoms with Crippen molar-refractivity contribution in [3.8, 4) is 0 Å². The van der Waals surface area contributed by atoms with Crippen molar-refractivity contribution < 1.29 is 4.74 Å². The summed E-state index contributed by atoms with van der Waals surface area (Å²) in [6, 6.07) is 0. The fourth-order valence-corrected chi connectivity index (χ4v) is 2.49. The molecule has 1 aliphatic rings. The van der Waals surface area contributed by atoms with Crippen molar-refractivity contribution in [3.05, 3.63) is 11.4 Å². The number of aromatic nitrogens is 2. The van der Waals surface area contributed by atoms with E-state index in [1.165, 1.54) is 12.8 Å². The van der Waals surface area contributed by atoms with Gasteiger partial charge in [-0.25, -0.2) is 0 Å². The van der Waals surface area contributed by atoms with Gasteiger partial charge in [0.1, 0.15) is 0 Å². The molecule has 1 aromatic heterocycles. The Balaban J connectivity index is 2.13. The molecule has 1 atom stereocenters. The SMILES string of the molecule is CCc1nn(CC2CCCCO2)c(CC)c1N. The molecule has 0 saturated carbocycles. The molecule has 1 aliphatic heterocycles. The van der Waals surface area contributed by atoms with E-state index in [9.17, 15) is 0 Å². The van der Waals surface area contributed by atoms with E-state index < -0.39 is 0 Å². The van der Waals surface area contributed by atoms with Crippen molar-refractivity contribution in [1.82, 2.24) is 9.78 Å². The highest BCUT2D eigenvalue weighted by Crippen LogP contribution is 2.21. The Morgan fingerprint density at radius 2 is 2.18 bits per heavy atom. The number of aryl methyl sites for hydroxylation is 1. The zero-order chi connectivity index (χ0) is 12.3. The smallest absolute Gasteiger partial charge is 0.0854 e. The van der Waals surface area contributed by atoms with Crippen LogP contribution in [0.15, 0.2) is 0 Å². The third-order valence-corrected chi connectivity index (χ3v) is 3.50. The predicted molar refractivity (Wildman–Crippen MR) is 69.0 cm³/mol. The molecule has 0 amide bonds. The molecular formula is C13H23N3O. The van der Waals surface area contributed by atoms with E-state index in [1.807, 2.05) is 0 Å². The van der Waals surface area contributed by atoms with Gasteiger partial charge in [-0.15, -0.1) is 0 Å². The van der Waals surface area contributed by atoms with Gasteiger partial charge >= 0.3 is 0 Å². The van der Waals surface area contributed by atoms with Crippen molar-refractivity contribution in [2.24, 2.45) is 0 Å². The Labute approximate surface area is 103 Å². The number of hydrogen-bond donors (Lipinski definition) is 1. The van der Waals surface area contributed by atoms with Crippen LogP contribution in [0.3, 0.4) is 0 Å². The molecule has 1 aromatic rings. The molecule has 2 rings (SSSR count). The molecule has 96 valence electrons. The van der Waals surface area contributed by atoms with Crippen LogP contribution in [0.4, 0.5) is 5.69 Å². The molecule has 0 aliphatic carbocycles. The van der Waals surface area contributed by atoms with Crippen LogP contribution >= 0.6 is 0 Å². The van der Waals surface area contributed by atoms with Gasteiger partial charge in [-0.2, -0.15) is 5.10 Å². The van der Waals surface area contributed by atoms with E-state index in [2.05, 4.69) is 23.6 Å². The number of ether oxygens (including phenoxy) is 1. The number of nitrogens with two attached hydrogens (primary N) is 1. The number of hydrogen-bond acceptors (Lipinski definition) is 3. The molecule has 2 heterocycles. The van der Waals surface area contributed by atoms with E-state index in [0.29, 0.717) is 6.10 Å². The summed E-state index contributed by atoms with van der Waals surface area (Å²) in [4.78, 5) is 0. The third kappa shape index (κ3) is 2.63. The predicted octanol–water partition coefficient (Wildman–Crippen LogP) is 2.16. The molecule has 1 saturated heterocycles. The first kappa shape index (κ1) is 12.4. The maximum absolute atomic E-state index is 6.11. The highest BCUT2D eigenvalue weighted by atomic mass is 16.5. The minimum atomic E-state index is 0.318. The topological polar surface area (TPSA) is 53.1 Å². The normalized spacial score (nSPS) is 20.7. The van der Waals surface area contributed by atoms with Crippen LogP contribution in [-0.2, 0) is 24.1 Å². The Bertz CT molecular complexity index is 367. The largest absolute Gasteiger partial charge is 0.396 e. The van der Waals surface area contributed by atoms with E-state index in [1.54, 1.807) is 0 Å². The van der Waals surface area contributed by atoms with Gasteiger partial charge in [-0.05, 0) is 32.1 Å². The van der Waals surface area contributed by atoms with E-state index in [4.69, 9.17) is 10.5 Å². The molecule has 0 aromatic carbocycles. The van der Waals surface area contributed by atoms with Crippen LogP contribution in [0.5, 0.6) is 0 Å². The van der Waals surface area contributed by atoms with Gasteiger partial charge in [-0.1, -0.05) is 13.8 Å². The Morgan fingerprint density at radius 3 is 2.76 bits per heavy atom. The second kappa shape index (κ2) is 5.54. The van der Waals surface area contributed by atoms with E-state index in [-0.39, 0.29) is 0 Å². The number of nitrogens with zero attached hydrogens (tertiary/aromatic N) is 2. The van der Waals surface area contributed by atoms with Crippen molar-refractivity contribution in [2.45, 2.75) is 58.6 Å². The van der Waals surface area contributed by atoms with Crippen molar-refractivity contribution in [3.63, 3.8) is 0 Å². The van der Waals surface area contributed by atoms with Gasteiger partial charge in [-0.3, -0.25) is 4.68 Å². The Hall–Kier alpha value is -1.03. The summed E-state index contributed by atoms with van der Waals surface area (Å²) < 4.78 is 7.82. The molecule has 0 radical (unpaired) electrons. The molecule has 1 fully saturated rings. The summed E-state index contributed by atoms with van der Waals surface area (Å²) in [5.74, 6) is 0. The highest BCUT2D eigenvalue weighted by Gasteiger charge is 2.18. The molecule has 1 unspecified atom stereocenters. The first-order chi connectivity index (χ1) is 8.26. The van der Waals surface area contributed by atoms with Crippen LogP contribution in [0.25, 0.3) is 0 Å². The van der Waals surface area contributed by atoms with Crippen LogP contribution in [0.2, 0.25) is 0 Å². The van der Waals surface area contributed by atoms with E-state index >= 15 is 0 Å². The first-order valence-electron chi connectivity index (χ1n) is 6.71. The lowest BCUT2D eigenvalue weighted by molar-refractivity contribution is 0.00351. The van der Waals surface area contributed by atoms with E-state index in [0.717, 1.165) is 49.5 Å². The quantitative estimate of drug-likeness (QED) is 0.873. The zero-order valence-electron chi connectivity index (χ0n) is 10.9. The van der Waals surface area contributed by atoms with Crippen molar-refractivity contribution in [1.29, 1.82) is 0 Å². The van der Waals surface area contributed by atoms with Crippen LogP contribution in [-0.4, -0.2) is 22.5 Å². The Morgan fingerprint density at radius 1 is 1.35 bits per heavy atom. The van der Waals surface area contributed by atoms with Crippen molar-refractivity contribution >= 4 is 5.69 Å². The number of anilines is 1. The average molecular weight is 237 g/mol. The molecule has 4 nitrogen and oxygen atoms in total. The maximum atomic E-state index is 6.11. The summed E-state index contributed by atoms with van der Waals surface area (Å²) >= 11 is 0. The van der Waals surface area contributed by atoms with Gasteiger partial charge < -0.3 is 10.5 Å². The molecule has 4 heteroatoms. The van der Waals surface area contributed by atoms with Crippen LogP contribution in [0.1, 0.15) is 44.5 Å². The van der Waals surface area contributed by atoms with Gasteiger partial charge in [0.25, 0.3) is 0 Å². The number of nitrogen functional groups attached to an aromatic ring is 1. The van der Waals surface area contributed by atoms with Crippen LogP contribution in [0, 0.1) is 0 Å². The monoisotopic (exact) mass is 237 g/mol. The fraction of sp³-hybridized carbons (Fsp3) is 0.769. The van der Waals surface area contributed by atoms with Gasteiger partial charge in [0, 0.05) is 6.61 Å². The third-order valence-electron chi connectivity index (χ3n) is 3.50.